The summed E-state index contributed by atoms with van der Waals surface area (Å²) in [5, 5.41) is 12.1. The van der Waals surface area contributed by atoms with Gasteiger partial charge >= 0.3 is 0 Å². The van der Waals surface area contributed by atoms with Crippen LogP contribution in [-0.2, 0) is 4.79 Å². The third kappa shape index (κ3) is 4.28. The number of nitrogens with two attached hydrogens (primary N) is 1. The van der Waals surface area contributed by atoms with Crippen molar-refractivity contribution in [2.45, 2.75) is 19.4 Å². The van der Waals surface area contributed by atoms with Crippen LogP contribution in [0.2, 0.25) is 0 Å². The molecule has 0 spiro atoms. The molecule has 1 aromatic rings. The zero-order valence-corrected chi connectivity index (χ0v) is 10.9. The Labute approximate surface area is 106 Å². The molecule has 1 rings (SSSR count). The number of anilines is 1. The third-order valence-corrected chi connectivity index (χ3v) is 3.08. The predicted molar refractivity (Wildman–Crippen MR) is 72.4 cm³/mol. The maximum absolute atomic E-state index is 11.7. The number of thioether (sulfide) groups is 1. The topological polar surface area (TPSA) is 75.4 Å². The van der Waals surface area contributed by atoms with Crippen LogP contribution in [0.25, 0.3) is 0 Å². The van der Waals surface area contributed by atoms with Crippen molar-refractivity contribution in [2.75, 3.05) is 17.3 Å². The summed E-state index contributed by atoms with van der Waals surface area (Å²) in [6.45, 7) is 1.78. The van der Waals surface area contributed by atoms with Crippen LogP contribution in [0.3, 0.4) is 0 Å². The van der Waals surface area contributed by atoms with Crippen LogP contribution in [-0.4, -0.2) is 29.1 Å². The van der Waals surface area contributed by atoms with Gasteiger partial charge < -0.3 is 16.2 Å². The van der Waals surface area contributed by atoms with Crippen LogP contribution >= 0.6 is 11.8 Å². The number of benzene rings is 1. The molecular formula is C12H18N2O2S. The first-order valence-electron chi connectivity index (χ1n) is 5.39. The van der Waals surface area contributed by atoms with E-state index in [0.29, 0.717) is 12.1 Å². The molecule has 0 radical (unpaired) electrons. The SMILES string of the molecule is CSCC[C@@H](N)C(=O)Nc1ccc(O)c(C)c1. The molecule has 0 saturated heterocycles. The van der Waals surface area contributed by atoms with Gasteiger partial charge in [0.25, 0.3) is 0 Å². The highest BCUT2D eigenvalue weighted by atomic mass is 32.2. The number of phenolic OH excluding ortho intramolecular Hbond substituents is 1. The minimum absolute atomic E-state index is 0.191. The number of carbonyl (C=O) groups is 1. The van der Waals surface area contributed by atoms with Crippen LogP contribution in [0.15, 0.2) is 18.2 Å². The van der Waals surface area contributed by atoms with Crippen molar-refractivity contribution in [1.29, 1.82) is 0 Å². The Kier molecular flexibility index (Phi) is 5.31. The van der Waals surface area contributed by atoms with E-state index in [9.17, 15) is 9.90 Å². The molecule has 0 aromatic heterocycles. The Morgan fingerprint density at radius 3 is 2.88 bits per heavy atom. The Hall–Kier alpha value is -1.20. The standard InChI is InChI=1S/C12H18N2O2S/c1-8-7-9(3-4-11(8)15)14-12(16)10(13)5-6-17-2/h3-4,7,10,15H,5-6,13H2,1-2H3,(H,14,16)/t10-/m1/s1. The lowest BCUT2D eigenvalue weighted by Crippen LogP contribution is -2.36. The molecular weight excluding hydrogens is 236 g/mol. The van der Waals surface area contributed by atoms with Crippen molar-refractivity contribution in [3.8, 4) is 5.75 Å². The zero-order valence-electron chi connectivity index (χ0n) is 10.1. The van der Waals surface area contributed by atoms with E-state index in [4.69, 9.17) is 5.73 Å². The summed E-state index contributed by atoms with van der Waals surface area (Å²) in [7, 11) is 0. The molecule has 0 fully saturated rings. The second kappa shape index (κ2) is 6.51. The summed E-state index contributed by atoms with van der Waals surface area (Å²) in [4.78, 5) is 11.7. The van der Waals surface area contributed by atoms with Crippen molar-refractivity contribution < 1.29 is 9.90 Å². The maximum Gasteiger partial charge on any atom is 0.241 e. The summed E-state index contributed by atoms with van der Waals surface area (Å²) in [6.07, 6.45) is 2.64. The molecule has 5 heteroatoms. The molecule has 0 heterocycles. The number of carbonyl (C=O) groups excluding carboxylic acids is 1. The molecule has 0 aliphatic carbocycles. The van der Waals surface area contributed by atoms with Gasteiger partial charge in [0.2, 0.25) is 5.91 Å². The van der Waals surface area contributed by atoms with E-state index in [1.54, 1.807) is 36.9 Å². The highest BCUT2D eigenvalue weighted by molar-refractivity contribution is 7.98. The van der Waals surface area contributed by atoms with E-state index in [-0.39, 0.29) is 11.7 Å². The number of nitrogens with one attached hydrogen (secondary N) is 1. The fourth-order valence-corrected chi connectivity index (χ4v) is 1.83. The van der Waals surface area contributed by atoms with E-state index >= 15 is 0 Å². The second-order valence-corrected chi connectivity index (χ2v) is 4.86. The minimum atomic E-state index is -0.489. The quantitative estimate of drug-likeness (QED) is 0.699. The lowest BCUT2D eigenvalue weighted by Gasteiger charge is -2.12. The molecule has 0 bridgehead atoms. The average molecular weight is 254 g/mol. The highest BCUT2D eigenvalue weighted by Gasteiger charge is 2.13. The summed E-state index contributed by atoms with van der Waals surface area (Å²) in [5.74, 6) is 0.891. The van der Waals surface area contributed by atoms with Crippen molar-refractivity contribution in [2.24, 2.45) is 5.73 Å². The summed E-state index contributed by atoms with van der Waals surface area (Å²) in [5.41, 5.74) is 7.12. The van der Waals surface area contributed by atoms with Gasteiger partial charge in [0.05, 0.1) is 6.04 Å². The van der Waals surface area contributed by atoms with E-state index in [1.807, 2.05) is 6.26 Å². The number of phenols is 1. The van der Waals surface area contributed by atoms with Crippen molar-refractivity contribution in [1.82, 2.24) is 0 Å². The average Bonchev–Trinajstić information content (AvgIpc) is 2.30. The Morgan fingerprint density at radius 1 is 1.59 bits per heavy atom. The van der Waals surface area contributed by atoms with E-state index in [1.165, 1.54) is 0 Å². The lowest BCUT2D eigenvalue weighted by molar-refractivity contribution is -0.117. The number of hydrogen-bond acceptors (Lipinski definition) is 4. The van der Waals surface area contributed by atoms with E-state index in [2.05, 4.69) is 5.32 Å². The number of amides is 1. The molecule has 0 aliphatic rings. The molecule has 0 unspecified atom stereocenters. The number of aromatic hydroxyl groups is 1. The maximum atomic E-state index is 11.7. The van der Waals surface area contributed by atoms with Crippen LogP contribution in [0.4, 0.5) is 5.69 Å². The van der Waals surface area contributed by atoms with Gasteiger partial charge in [-0.25, -0.2) is 0 Å². The molecule has 4 nitrogen and oxygen atoms in total. The van der Waals surface area contributed by atoms with Gasteiger partial charge in [-0.15, -0.1) is 0 Å². The molecule has 1 atom stereocenters. The molecule has 1 amide bonds. The molecule has 4 N–H and O–H groups in total. The van der Waals surface area contributed by atoms with Crippen LogP contribution in [0.5, 0.6) is 5.75 Å². The van der Waals surface area contributed by atoms with Gasteiger partial charge in [0.15, 0.2) is 0 Å². The highest BCUT2D eigenvalue weighted by Crippen LogP contribution is 2.20. The van der Waals surface area contributed by atoms with Crippen LogP contribution in [0, 0.1) is 6.92 Å². The fourth-order valence-electron chi connectivity index (χ4n) is 1.34. The smallest absolute Gasteiger partial charge is 0.241 e. The van der Waals surface area contributed by atoms with Gasteiger partial charge in [-0.1, -0.05) is 0 Å². The molecule has 0 saturated carbocycles. The van der Waals surface area contributed by atoms with Gasteiger partial charge in [0, 0.05) is 5.69 Å². The normalized spacial score (nSPS) is 12.2. The molecule has 94 valence electrons. The first-order valence-corrected chi connectivity index (χ1v) is 6.79. The Balaban J connectivity index is 2.58. The Morgan fingerprint density at radius 2 is 2.29 bits per heavy atom. The summed E-state index contributed by atoms with van der Waals surface area (Å²) >= 11 is 1.67. The van der Waals surface area contributed by atoms with Gasteiger partial charge in [-0.05, 0) is 49.1 Å². The largest absolute Gasteiger partial charge is 0.508 e. The second-order valence-electron chi connectivity index (χ2n) is 3.88. The molecule has 0 aliphatic heterocycles. The zero-order chi connectivity index (χ0) is 12.8. The molecule has 17 heavy (non-hydrogen) atoms. The monoisotopic (exact) mass is 254 g/mol. The Bertz CT molecular complexity index is 396. The predicted octanol–water partition coefficient (Wildman–Crippen LogP) is 1.72. The molecule has 1 aromatic carbocycles. The third-order valence-electron chi connectivity index (χ3n) is 2.43. The minimum Gasteiger partial charge on any atom is -0.508 e. The number of hydrogen-bond donors (Lipinski definition) is 3. The van der Waals surface area contributed by atoms with Gasteiger partial charge in [0.1, 0.15) is 5.75 Å². The van der Waals surface area contributed by atoms with Gasteiger partial charge in [-0.3, -0.25) is 4.79 Å². The first kappa shape index (κ1) is 13.9. The van der Waals surface area contributed by atoms with Crippen molar-refractivity contribution in [3.63, 3.8) is 0 Å². The number of rotatable bonds is 5. The van der Waals surface area contributed by atoms with Crippen LogP contribution in [0.1, 0.15) is 12.0 Å². The lowest BCUT2D eigenvalue weighted by atomic mass is 10.2. The number of aryl methyl sites for hydroxylation is 1. The van der Waals surface area contributed by atoms with Crippen LogP contribution < -0.4 is 11.1 Å². The van der Waals surface area contributed by atoms with Gasteiger partial charge in [-0.2, -0.15) is 11.8 Å². The van der Waals surface area contributed by atoms with Crippen molar-refractivity contribution in [3.05, 3.63) is 23.8 Å². The van der Waals surface area contributed by atoms with E-state index in [0.717, 1.165) is 11.3 Å². The van der Waals surface area contributed by atoms with E-state index < -0.39 is 6.04 Å². The first-order chi connectivity index (χ1) is 8.04. The summed E-state index contributed by atoms with van der Waals surface area (Å²) < 4.78 is 0. The van der Waals surface area contributed by atoms with Crippen molar-refractivity contribution >= 4 is 23.4 Å². The fraction of sp³-hybridized carbons (Fsp3) is 0.417. The summed E-state index contributed by atoms with van der Waals surface area (Å²) in [6, 6.07) is 4.44.